The Balaban J connectivity index is 1.58. The van der Waals surface area contributed by atoms with Crippen LogP contribution in [-0.2, 0) is 16.1 Å². The Kier molecular flexibility index (Phi) is 5.76. The number of hydrogen-bond acceptors (Lipinski definition) is 4. The number of rotatable bonds is 5. The van der Waals surface area contributed by atoms with Crippen LogP contribution in [0.1, 0.15) is 22.3 Å². The minimum absolute atomic E-state index is 0.258. The summed E-state index contributed by atoms with van der Waals surface area (Å²) in [4.78, 5) is 16.8. The van der Waals surface area contributed by atoms with Crippen LogP contribution < -0.4 is 4.74 Å². The highest BCUT2D eigenvalue weighted by atomic mass is 127. The van der Waals surface area contributed by atoms with E-state index in [1.807, 2.05) is 79.7 Å². The molecular formula is C24H18INO3. The molecule has 5 heteroatoms. The lowest BCUT2D eigenvalue weighted by Crippen LogP contribution is -2.06. The molecule has 0 saturated carbocycles. The van der Waals surface area contributed by atoms with Gasteiger partial charge in [-0.25, -0.2) is 9.79 Å². The summed E-state index contributed by atoms with van der Waals surface area (Å²) in [5, 5.41) is 0. The van der Waals surface area contributed by atoms with Crippen molar-refractivity contribution in [3.63, 3.8) is 0 Å². The van der Waals surface area contributed by atoms with Crippen LogP contribution in [0.5, 0.6) is 5.75 Å². The second-order valence-corrected chi connectivity index (χ2v) is 7.85. The van der Waals surface area contributed by atoms with E-state index >= 15 is 0 Å². The van der Waals surface area contributed by atoms with Crippen molar-refractivity contribution >= 4 is 40.5 Å². The van der Waals surface area contributed by atoms with Gasteiger partial charge in [-0.1, -0.05) is 48.5 Å². The minimum Gasteiger partial charge on any atom is -0.488 e. The molecule has 0 N–H and O–H groups in total. The molecule has 0 aliphatic carbocycles. The zero-order valence-electron chi connectivity index (χ0n) is 15.8. The summed E-state index contributed by atoms with van der Waals surface area (Å²) in [5.74, 6) is 0.554. The maximum absolute atomic E-state index is 12.3. The lowest BCUT2D eigenvalue weighted by atomic mass is 10.1. The first-order valence-electron chi connectivity index (χ1n) is 9.15. The summed E-state index contributed by atoms with van der Waals surface area (Å²) in [6, 6.07) is 23.4. The third-order valence-corrected chi connectivity index (χ3v) is 5.23. The van der Waals surface area contributed by atoms with Gasteiger partial charge in [-0.15, -0.1) is 0 Å². The smallest absolute Gasteiger partial charge is 0.363 e. The topological polar surface area (TPSA) is 47.9 Å². The first kappa shape index (κ1) is 19.4. The maximum Gasteiger partial charge on any atom is 0.363 e. The average Bonchev–Trinajstić information content (AvgIpc) is 3.09. The molecule has 0 atom stereocenters. The predicted octanol–water partition coefficient (Wildman–Crippen LogP) is 5.52. The molecule has 0 aromatic heterocycles. The number of ether oxygens (including phenoxy) is 2. The Morgan fingerprint density at radius 2 is 1.72 bits per heavy atom. The molecule has 1 heterocycles. The van der Waals surface area contributed by atoms with Crippen LogP contribution in [0, 0.1) is 10.5 Å². The number of aliphatic imine (C=N–C) groups is 1. The van der Waals surface area contributed by atoms with E-state index in [2.05, 4.69) is 27.6 Å². The number of aryl methyl sites for hydroxylation is 1. The van der Waals surface area contributed by atoms with Crippen LogP contribution in [0.4, 0.5) is 0 Å². The second kappa shape index (κ2) is 8.61. The molecule has 0 unspecified atom stereocenters. The first-order valence-corrected chi connectivity index (χ1v) is 10.2. The number of esters is 1. The quantitative estimate of drug-likeness (QED) is 0.266. The highest BCUT2D eigenvalue weighted by Gasteiger charge is 2.25. The molecule has 1 aliphatic rings. The van der Waals surface area contributed by atoms with Crippen molar-refractivity contribution < 1.29 is 14.3 Å². The third-order valence-electron chi connectivity index (χ3n) is 4.51. The fourth-order valence-corrected chi connectivity index (χ4v) is 3.32. The molecule has 0 spiro atoms. The Hall–Kier alpha value is -2.93. The standard InChI is InChI=1S/C24H18INO3/c1-16-6-2-4-8-20(16)23-26-21(24(27)29-23)14-18-7-3-5-9-22(18)28-15-17-10-12-19(25)13-11-17/h2-14H,15H2,1H3/b21-14-. The average molecular weight is 495 g/mol. The number of para-hydroxylation sites is 1. The monoisotopic (exact) mass is 495 g/mol. The van der Waals surface area contributed by atoms with Gasteiger partial charge in [-0.3, -0.25) is 0 Å². The summed E-state index contributed by atoms with van der Waals surface area (Å²) in [5.41, 5.74) is 3.93. The Morgan fingerprint density at radius 1 is 1.00 bits per heavy atom. The summed E-state index contributed by atoms with van der Waals surface area (Å²) >= 11 is 2.27. The minimum atomic E-state index is -0.462. The fraction of sp³-hybridized carbons (Fsp3) is 0.0833. The molecule has 0 radical (unpaired) electrons. The Labute approximate surface area is 183 Å². The number of carbonyl (C=O) groups is 1. The lowest BCUT2D eigenvalue weighted by molar-refractivity contribution is -0.129. The molecule has 144 valence electrons. The van der Waals surface area contributed by atoms with Crippen molar-refractivity contribution in [1.82, 2.24) is 0 Å². The van der Waals surface area contributed by atoms with E-state index in [4.69, 9.17) is 9.47 Å². The van der Waals surface area contributed by atoms with Crippen LogP contribution in [0.15, 0.2) is 83.5 Å². The van der Waals surface area contributed by atoms with Crippen LogP contribution >= 0.6 is 22.6 Å². The van der Waals surface area contributed by atoms with Gasteiger partial charge in [0.1, 0.15) is 12.4 Å². The van der Waals surface area contributed by atoms with E-state index < -0.39 is 5.97 Å². The summed E-state index contributed by atoms with van der Waals surface area (Å²) < 4.78 is 12.6. The van der Waals surface area contributed by atoms with Gasteiger partial charge in [0.05, 0.1) is 0 Å². The van der Waals surface area contributed by atoms with E-state index in [0.717, 1.165) is 22.3 Å². The van der Waals surface area contributed by atoms with Crippen molar-refractivity contribution in [2.45, 2.75) is 13.5 Å². The largest absolute Gasteiger partial charge is 0.488 e. The predicted molar refractivity (Wildman–Crippen MR) is 122 cm³/mol. The van der Waals surface area contributed by atoms with E-state index in [1.54, 1.807) is 6.08 Å². The SMILES string of the molecule is Cc1ccccc1C1=N/C(=C\c2ccccc2OCc2ccc(I)cc2)C(=O)O1. The van der Waals surface area contributed by atoms with Gasteiger partial charge < -0.3 is 9.47 Å². The van der Waals surface area contributed by atoms with Gasteiger partial charge in [-0.2, -0.15) is 0 Å². The zero-order chi connectivity index (χ0) is 20.2. The number of carbonyl (C=O) groups excluding carboxylic acids is 1. The van der Waals surface area contributed by atoms with E-state index in [9.17, 15) is 4.79 Å². The highest BCUT2D eigenvalue weighted by molar-refractivity contribution is 14.1. The molecule has 29 heavy (non-hydrogen) atoms. The molecule has 4 rings (SSSR count). The van der Waals surface area contributed by atoms with E-state index in [-0.39, 0.29) is 5.70 Å². The summed E-state index contributed by atoms with van der Waals surface area (Å²) in [6.45, 7) is 2.40. The maximum atomic E-state index is 12.3. The lowest BCUT2D eigenvalue weighted by Gasteiger charge is -2.09. The van der Waals surface area contributed by atoms with Crippen LogP contribution in [0.2, 0.25) is 0 Å². The summed E-state index contributed by atoms with van der Waals surface area (Å²) in [7, 11) is 0. The van der Waals surface area contributed by atoms with Crippen LogP contribution in [0.25, 0.3) is 6.08 Å². The third kappa shape index (κ3) is 4.56. The second-order valence-electron chi connectivity index (χ2n) is 6.60. The molecular weight excluding hydrogens is 477 g/mol. The Bertz CT molecular complexity index is 1120. The normalized spacial score (nSPS) is 14.6. The molecule has 0 fully saturated rings. The number of cyclic esters (lactones) is 1. The molecule has 3 aromatic carbocycles. The first-order chi connectivity index (χ1) is 14.1. The van der Waals surface area contributed by atoms with Gasteiger partial charge in [0.15, 0.2) is 5.70 Å². The van der Waals surface area contributed by atoms with E-state index in [0.29, 0.717) is 18.3 Å². The van der Waals surface area contributed by atoms with Gasteiger partial charge in [0.2, 0.25) is 5.90 Å². The molecule has 0 amide bonds. The molecule has 4 nitrogen and oxygen atoms in total. The van der Waals surface area contributed by atoms with Crippen molar-refractivity contribution in [3.8, 4) is 5.75 Å². The zero-order valence-corrected chi connectivity index (χ0v) is 17.9. The highest BCUT2D eigenvalue weighted by Crippen LogP contribution is 2.26. The number of hydrogen-bond donors (Lipinski definition) is 0. The molecule has 0 bridgehead atoms. The number of benzene rings is 3. The summed E-state index contributed by atoms with van der Waals surface area (Å²) in [6.07, 6.45) is 1.71. The van der Waals surface area contributed by atoms with Gasteiger partial charge in [0, 0.05) is 14.7 Å². The van der Waals surface area contributed by atoms with Gasteiger partial charge in [0.25, 0.3) is 0 Å². The van der Waals surface area contributed by atoms with Crippen molar-refractivity contribution in [3.05, 3.63) is 104 Å². The van der Waals surface area contributed by atoms with Crippen molar-refractivity contribution in [2.75, 3.05) is 0 Å². The van der Waals surface area contributed by atoms with Crippen LogP contribution in [-0.4, -0.2) is 11.9 Å². The fourth-order valence-electron chi connectivity index (χ4n) is 2.96. The van der Waals surface area contributed by atoms with Crippen LogP contribution in [0.3, 0.4) is 0 Å². The molecule has 0 saturated heterocycles. The van der Waals surface area contributed by atoms with Gasteiger partial charge >= 0.3 is 5.97 Å². The number of nitrogens with zero attached hydrogens (tertiary/aromatic N) is 1. The number of halogens is 1. The molecule has 3 aromatic rings. The van der Waals surface area contributed by atoms with E-state index in [1.165, 1.54) is 3.57 Å². The molecule has 1 aliphatic heterocycles. The Morgan fingerprint density at radius 3 is 2.52 bits per heavy atom. The van der Waals surface area contributed by atoms with Crippen molar-refractivity contribution in [2.24, 2.45) is 4.99 Å². The van der Waals surface area contributed by atoms with Crippen molar-refractivity contribution in [1.29, 1.82) is 0 Å². The van der Waals surface area contributed by atoms with Gasteiger partial charge in [-0.05, 0) is 71.0 Å².